The van der Waals surface area contributed by atoms with E-state index in [0.29, 0.717) is 28.1 Å². The lowest BCUT2D eigenvalue weighted by Crippen LogP contribution is -2.17. The first-order chi connectivity index (χ1) is 15.2. The van der Waals surface area contributed by atoms with Gasteiger partial charge in [0.05, 0.1) is 22.1 Å². The molecule has 32 heavy (non-hydrogen) atoms. The highest BCUT2D eigenvalue weighted by Crippen LogP contribution is 2.31. The molecule has 0 radical (unpaired) electrons. The molecular weight excluding hydrogens is 411 g/mol. The Morgan fingerprint density at radius 2 is 2.06 bits per heavy atom. The average molecular weight is 434 g/mol. The van der Waals surface area contributed by atoms with Crippen molar-refractivity contribution in [2.75, 3.05) is 5.32 Å². The van der Waals surface area contributed by atoms with Crippen LogP contribution in [0.15, 0.2) is 47.8 Å². The van der Waals surface area contributed by atoms with Crippen molar-refractivity contribution in [2.24, 2.45) is 7.05 Å². The van der Waals surface area contributed by atoms with Crippen LogP contribution in [0.2, 0.25) is 0 Å². The summed E-state index contributed by atoms with van der Waals surface area (Å²) in [5.74, 6) is -0.259. The number of hydrogen-bond acceptors (Lipinski definition) is 5. The quantitative estimate of drug-likeness (QED) is 0.351. The van der Waals surface area contributed by atoms with Crippen LogP contribution in [0.5, 0.6) is 0 Å². The Balaban J connectivity index is 1.90. The summed E-state index contributed by atoms with van der Waals surface area (Å²) in [6, 6.07) is 8.14. The van der Waals surface area contributed by atoms with E-state index in [-0.39, 0.29) is 11.4 Å². The Labute approximate surface area is 183 Å². The number of aryl methyl sites for hydroxylation is 3. The number of ether oxygens (including phenoxy) is 1. The van der Waals surface area contributed by atoms with E-state index in [9.17, 15) is 14.0 Å². The van der Waals surface area contributed by atoms with E-state index in [0.717, 1.165) is 22.2 Å². The fourth-order valence-electron chi connectivity index (χ4n) is 3.96. The first kappa shape index (κ1) is 21.3. The number of aromatic amines is 1. The smallest absolute Gasteiger partial charge is 0.303 e. The van der Waals surface area contributed by atoms with Gasteiger partial charge in [0, 0.05) is 19.7 Å². The molecule has 0 aliphatic carbocycles. The molecule has 2 heterocycles. The Kier molecular flexibility index (Phi) is 5.30. The molecule has 8 heteroatoms. The van der Waals surface area contributed by atoms with Crippen LogP contribution in [-0.2, 0) is 16.6 Å². The minimum atomic E-state index is -0.759. The van der Waals surface area contributed by atoms with Crippen molar-refractivity contribution in [1.29, 1.82) is 0 Å². The van der Waals surface area contributed by atoms with Crippen LogP contribution in [-0.4, -0.2) is 20.5 Å². The van der Waals surface area contributed by atoms with Gasteiger partial charge in [0.25, 0.3) is 5.56 Å². The van der Waals surface area contributed by atoms with Crippen molar-refractivity contribution >= 4 is 39.4 Å². The highest BCUT2D eigenvalue weighted by atomic mass is 19.1. The molecule has 4 aromatic rings. The second-order valence-corrected chi connectivity index (χ2v) is 7.69. The number of halogens is 1. The fourth-order valence-corrected chi connectivity index (χ4v) is 3.96. The molecule has 0 aliphatic rings. The molecule has 2 aromatic heterocycles. The maximum atomic E-state index is 13.5. The van der Waals surface area contributed by atoms with Crippen molar-refractivity contribution in [3.63, 3.8) is 0 Å². The highest BCUT2D eigenvalue weighted by molar-refractivity contribution is 6.06. The molecule has 0 amide bonds. The third-order valence-electron chi connectivity index (χ3n) is 5.55. The van der Waals surface area contributed by atoms with E-state index < -0.39 is 12.1 Å². The summed E-state index contributed by atoms with van der Waals surface area (Å²) in [7, 11) is 1.81. The van der Waals surface area contributed by atoms with Gasteiger partial charge < -0.3 is 19.6 Å². The van der Waals surface area contributed by atoms with Crippen LogP contribution in [0.4, 0.5) is 16.0 Å². The first-order valence-electron chi connectivity index (χ1n) is 10.1. The SMILES string of the molecule is C=CC(OC(C)=O)c1[nH]c(=O)c2c(ccc3nc(Nc4ccc(F)cc4C)n(C)c32)c1C. The van der Waals surface area contributed by atoms with Gasteiger partial charge in [-0.15, -0.1) is 0 Å². The topological polar surface area (TPSA) is 89.0 Å². The number of fused-ring (bicyclic) bond motifs is 3. The van der Waals surface area contributed by atoms with Crippen molar-refractivity contribution in [3.8, 4) is 0 Å². The Morgan fingerprint density at radius 3 is 2.72 bits per heavy atom. The molecular formula is C24H23FN4O3. The summed E-state index contributed by atoms with van der Waals surface area (Å²) < 4.78 is 20.5. The van der Waals surface area contributed by atoms with Gasteiger partial charge in [0.1, 0.15) is 5.82 Å². The number of hydrogen-bond donors (Lipinski definition) is 2. The van der Waals surface area contributed by atoms with E-state index in [2.05, 4.69) is 21.9 Å². The molecule has 2 aromatic carbocycles. The Hall–Kier alpha value is -3.94. The van der Waals surface area contributed by atoms with Gasteiger partial charge in [-0.2, -0.15) is 0 Å². The van der Waals surface area contributed by atoms with Crippen LogP contribution in [0.1, 0.15) is 29.8 Å². The van der Waals surface area contributed by atoms with Crippen molar-refractivity contribution in [2.45, 2.75) is 26.9 Å². The number of rotatable bonds is 5. The fraction of sp³-hybridized carbons (Fsp3) is 0.208. The lowest BCUT2D eigenvalue weighted by atomic mass is 10.0. The summed E-state index contributed by atoms with van der Waals surface area (Å²) in [6.07, 6.45) is 0.715. The van der Waals surface area contributed by atoms with Gasteiger partial charge in [-0.05, 0) is 60.7 Å². The summed E-state index contributed by atoms with van der Waals surface area (Å²) >= 11 is 0. The normalized spacial score (nSPS) is 12.2. The van der Waals surface area contributed by atoms with Gasteiger partial charge in [-0.3, -0.25) is 9.59 Å². The van der Waals surface area contributed by atoms with Gasteiger partial charge in [0.2, 0.25) is 5.95 Å². The number of H-pyrrole nitrogens is 1. The van der Waals surface area contributed by atoms with Gasteiger partial charge in [-0.25, -0.2) is 9.37 Å². The largest absolute Gasteiger partial charge is 0.452 e. The van der Waals surface area contributed by atoms with Crippen LogP contribution >= 0.6 is 0 Å². The van der Waals surface area contributed by atoms with E-state index in [1.165, 1.54) is 25.1 Å². The van der Waals surface area contributed by atoms with E-state index in [1.807, 2.05) is 26.1 Å². The maximum absolute atomic E-state index is 13.5. The van der Waals surface area contributed by atoms with Crippen LogP contribution < -0.4 is 10.9 Å². The summed E-state index contributed by atoms with van der Waals surface area (Å²) in [4.78, 5) is 32.1. The van der Waals surface area contributed by atoms with Crippen molar-refractivity contribution in [1.82, 2.24) is 14.5 Å². The van der Waals surface area contributed by atoms with Gasteiger partial charge in [0.15, 0.2) is 6.10 Å². The zero-order chi connectivity index (χ0) is 23.2. The molecule has 0 aliphatic heterocycles. The predicted molar refractivity (Wildman–Crippen MR) is 123 cm³/mol. The Bertz CT molecular complexity index is 1450. The number of anilines is 2. The third kappa shape index (κ3) is 3.53. The summed E-state index contributed by atoms with van der Waals surface area (Å²) in [6.45, 7) is 8.68. The number of carbonyl (C=O) groups is 1. The molecule has 0 fully saturated rings. The van der Waals surface area contributed by atoms with E-state index in [4.69, 9.17) is 4.74 Å². The second kappa shape index (κ2) is 7.96. The number of pyridine rings is 1. The van der Waals surface area contributed by atoms with Crippen molar-refractivity contribution in [3.05, 3.63) is 76.0 Å². The lowest BCUT2D eigenvalue weighted by Gasteiger charge is -2.17. The summed E-state index contributed by atoms with van der Waals surface area (Å²) in [5.41, 5.74) is 3.69. The predicted octanol–water partition coefficient (Wildman–Crippen LogP) is 4.70. The lowest BCUT2D eigenvalue weighted by molar-refractivity contribution is -0.144. The van der Waals surface area contributed by atoms with Crippen molar-refractivity contribution < 1.29 is 13.9 Å². The van der Waals surface area contributed by atoms with Gasteiger partial charge >= 0.3 is 5.97 Å². The molecule has 0 spiro atoms. The Morgan fingerprint density at radius 1 is 1.31 bits per heavy atom. The van der Waals surface area contributed by atoms with Crippen LogP contribution in [0, 0.1) is 19.7 Å². The molecule has 4 rings (SSSR count). The monoisotopic (exact) mass is 434 g/mol. The number of imidazole rings is 1. The van der Waals surface area contributed by atoms with E-state index >= 15 is 0 Å². The molecule has 1 atom stereocenters. The molecule has 0 bridgehead atoms. The first-order valence-corrected chi connectivity index (χ1v) is 10.1. The number of nitrogens with one attached hydrogen (secondary N) is 2. The average Bonchev–Trinajstić information content (AvgIpc) is 3.06. The molecule has 0 saturated carbocycles. The van der Waals surface area contributed by atoms with Crippen LogP contribution in [0.3, 0.4) is 0 Å². The maximum Gasteiger partial charge on any atom is 0.303 e. The second-order valence-electron chi connectivity index (χ2n) is 7.69. The zero-order valence-electron chi connectivity index (χ0n) is 18.2. The number of aromatic nitrogens is 3. The number of benzene rings is 2. The molecule has 1 unspecified atom stereocenters. The molecule has 7 nitrogen and oxygen atoms in total. The minimum absolute atomic E-state index is 0.312. The number of esters is 1. The highest BCUT2D eigenvalue weighted by Gasteiger charge is 2.21. The van der Waals surface area contributed by atoms with Gasteiger partial charge in [-0.1, -0.05) is 12.6 Å². The van der Waals surface area contributed by atoms with Crippen LogP contribution in [0.25, 0.3) is 21.8 Å². The molecule has 0 saturated heterocycles. The van der Waals surface area contributed by atoms with E-state index in [1.54, 1.807) is 17.6 Å². The summed E-state index contributed by atoms with van der Waals surface area (Å²) in [5, 5.41) is 4.42. The minimum Gasteiger partial charge on any atom is -0.452 e. The number of carbonyl (C=O) groups excluding carboxylic acids is 1. The number of nitrogens with zero attached hydrogens (tertiary/aromatic N) is 2. The molecule has 2 N–H and O–H groups in total. The molecule has 164 valence electrons. The zero-order valence-corrected chi connectivity index (χ0v) is 18.2. The third-order valence-corrected chi connectivity index (χ3v) is 5.55. The standard InChI is InChI=1S/C24H23FN4O3/c1-6-19(32-14(4)30)21-13(3)16-8-10-18-22(20(16)23(31)28-21)29(5)24(27-18)26-17-9-7-15(25)11-12(17)2/h6-11,19H,1H2,2-5H3,(H,26,27)(H,28,31).